The molecule has 7 nitrogen and oxygen atoms in total. The Bertz CT molecular complexity index is 659. The van der Waals surface area contributed by atoms with Crippen LogP contribution in [0.5, 0.6) is 0 Å². The molecule has 0 aliphatic carbocycles. The Morgan fingerprint density at radius 2 is 2.36 bits per heavy atom. The molecule has 2 aromatic heterocycles. The summed E-state index contributed by atoms with van der Waals surface area (Å²) in [6, 6.07) is 5.88. The Hall–Kier alpha value is -2.46. The molecule has 3 rings (SSSR count). The zero-order chi connectivity index (χ0) is 15.4. The highest BCUT2D eigenvalue weighted by Gasteiger charge is 2.28. The zero-order valence-electron chi connectivity index (χ0n) is 12.5. The second-order valence-corrected chi connectivity index (χ2v) is 5.30. The van der Waals surface area contributed by atoms with E-state index >= 15 is 0 Å². The largest absolute Gasteiger partial charge is 0.377 e. The number of hydrogen-bond acceptors (Lipinski definition) is 6. The number of nitrogens with zero attached hydrogens (tertiary/aromatic N) is 5. The van der Waals surface area contributed by atoms with Crippen LogP contribution in [0.25, 0.3) is 0 Å². The summed E-state index contributed by atoms with van der Waals surface area (Å²) in [6.45, 7) is 1.34. The summed E-state index contributed by atoms with van der Waals surface area (Å²) in [5, 5.41) is 16.1. The Labute approximate surface area is 129 Å². The van der Waals surface area contributed by atoms with Gasteiger partial charge in [-0.3, -0.25) is 5.10 Å². The van der Waals surface area contributed by atoms with Gasteiger partial charge in [-0.1, -0.05) is 0 Å². The number of pyridine rings is 1. The highest BCUT2D eigenvalue weighted by Crippen LogP contribution is 2.32. The van der Waals surface area contributed by atoms with Crippen molar-refractivity contribution in [1.29, 1.82) is 5.26 Å². The van der Waals surface area contributed by atoms with Crippen LogP contribution in [-0.2, 0) is 11.3 Å². The number of hydrogen-bond donors (Lipinski definition) is 1. The zero-order valence-corrected chi connectivity index (χ0v) is 12.5. The number of anilines is 1. The second kappa shape index (κ2) is 6.54. The van der Waals surface area contributed by atoms with Crippen molar-refractivity contribution in [3.8, 4) is 6.07 Å². The number of methoxy groups -OCH3 is 1. The second-order valence-electron chi connectivity index (χ2n) is 5.30. The SMILES string of the molecule is COCc1nc([C@@H]2CCCCN2c2ccc(C#N)cn2)n[nH]1. The summed E-state index contributed by atoms with van der Waals surface area (Å²) < 4.78 is 5.08. The maximum absolute atomic E-state index is 8.88. The molecule has 3 heterocycles. The molecule has 7 heteroatoms. The van der Waals surface area contributed by atoms with Crippen LogP contribution < -0.4 is 4.90 Å². The monoisotopic (exact) mass is 298 g/mol. The van der Waals surface area contributed by atoms with Crippen LogP contribution in [0.1, 0.15) is 42.5 Å². The molecule has 0 saturated carbocycles. The van der Waals surface area contributed by atoms with Crippen molar-refractivity contribution in [3.63, 3.8) is 0 Å². The fraction of sp³-hybridized carbons (Fsp3) is 0.467. The lowest BCUT2D eigenvalue weighted by atomic mass is 10.0. The molecule has 0 amide bonds. The summed E-state index contributed by atoms with van der Waals surface area (Å²) in [5.74, 6) is 2.37. The number of aromatic amines is 1. The number of rotatable bonds is 4. The van der Waals surface area contributed by atoms with E-state index in [0.717, 1.165) is 43.3 Å². The first-order valence-electron chi connectivity index (χ1n) is 7.34. The van der Waals surface area contributed by atoms with Crippen molar-refractivity contribution in [2.75, 3.05) is 18.6 Å². The van der Waals surface area contributed by atoms with Gasteiger partial charge >= 0.3 is 0 Å². The third kappa shape index (κ3) is 2.92. The van der Waals surface area contributed by atoms with Crippen molar-refractivity contribution in [2.45, 2.75) is 31.9 Å². The van der Waals surface area contributed by atoms with Gasteiger partial charge in [-0.05, 0) is 31.4 Å². The van der Waals surface area contributed by atoms with E-state index in [2.05, 4.69) is 31.1 Å². The van der Waals surface area contributed by atoms with Gasteiger partial charge in [-0.25, -0.2) is 9.97 Å². The van der Waals surface area contributed by atoms with Crippen LogP contribution in [0.3, 0.4) is 0 Å². The average Bonchev–Trinajstić information content (AvgIpc) is 3.04. The lowest BCUT2D eigenvalue weighted by molar-refractivity contribution is 0.178. The summed E-state index contributed by atoms with van der Waals surface area (Å²) in [6.07, 6.45) is 4.86. The molecule has 0 spiro atoms. The fourth-order valence-corrected chi connectivity index (χ4v) is 2.76. The molecule has 0 aromatic carbocycles. The van der Waals surface area contributed by atoms with Crippen molar-refractivity contribution in [2.24, 2.45) is 0 Å². The number of ether oxygens (including phenoxy) is 1. The van der Waals surface area contributed by atoms with Crippen molar-refractivity contribution in [1.82, 2.24) is 20.2 Å². The predicted molar refractivity (Wildman–Crippen MR) is 80.0 cm³/mol. The van der Waals surface area contributed by atoms with Crippen LogP contribution in [0, 0.1) is 11.3 Å². The molecule has 1 aliphatic rings. The first kappa shape index (κ1) is 14.5. The molecule has 22 heavy (non-hydrogen) atoms. The van der Waals surface area contributed by atoms with Crippen LogP contribution in [-0.4, -0.2) is 33.8 Å². The molecule has 2 aromatic rings. The fourth-order valence-electron chi connectivity index (χ4n) is 2.76. The first-order valence-corrected chi connectivity index (χ1v) is 7.34. The summed E-state index contributed by atoms with van der Waals surface area (Å²) >= 11 is 0. The van der Waals surface area contributed by atoms with Gasteiger partial charge in [-0.2, -0.15) is 10.4 Å². The molecule has 114 valence electrons. The topological polar surface area (TPSA) is 90.7 Å². The van der Waals surface area contributed by atoms with E-state index in [-0.39, 0.29) is 6.04 Å². The maximum Gasteiger partial charge on any atom is 0.173 e. The molecule has 1 fully saturated rings. The molecule has 1 saturated heterocycles. The molecule has 1 N–H and O–H groups in total. The van der Waals surface area contributed by atoms with Gasteiger partial charge in [0.1, 0.15) is 18.5 Å². The smallest absolute Gasteiger partial charge is 0.173 e. The summed E-state index contributed by atoms with van der Waals surface area (Å²) in [5.41, 5.74) is 0.567. The van der Waals surface area contributed by atoms with E-state index in [9.17, 15) is 0 Å². The standard InChI is InChI=1S/C15H18N6O/c1-22-10-13-18-15(20-19-13)12-4-2-3-7-21(12)14-6-5-11(8-16)9-17-14/h5-6,9,12H,2-4,7,10H2,1H3,(H,18,19,20)/t12-/m0/s1. The number of H-pyrrole nitrogens is 1. The van der Waals surface area contributed by atoms with Crippen molar-refractivity contribution >= 4 is 5.82 Å². The van der Waals surface area contributed by atoms with Crippen LogP contribution >= 0.6 is 0 Å². The Morgan fingerprint density at radius 3 is 3.09 bits per heavy atom. The minimum Gasteiger partial charge on any atom is -0.377 e. The molecule has 1 aliphatic heterocycles. The Morgan fingerprint density at radius 1 is 1.45 bits per heavy atom. The average molecular weight is 298 g/mol. The quantitative estimate of drug-likeness (QED) is 0.927. The molecular formula is C15H18N6O. The highest BCUT2D eigenvalue weighted by atomic mass is 16.5. The van der Waals surface area contributed by atoms with E-state index < -0.39 is 0 Å². The normalized spacial score (nSPS) is 18.2. The molecule has 0 unspecified atom stereocenters. The van der Waals surface area contributed by atoms with Crippen molar-refractivity contribution in [3.05, 3.63) is 35.5 Å². The number of piperidine rings is 1. The van der Waals surface area contributed by atoms with E-state index in [1.807, 2.05) is 6.07 Å². The van der Waals surface area contributed by atoms with Crippen molar-refractivity contribution < 1.29 is 4.74 Å². The lowest BCUT2D eigenvalue weighted by Crippen LogP contribution is -2.34. The Kier molecular flexibility index (Phi) is 4.30. The number of nitrogens with one attached hydrogen (secondary N) is 1. The minimum atomic E-state index is 0.107. The van der Waals surface area contributed by atoms with Gasteiger partial charge < -0.3 is 9.64 Å². The van der Waals surface area contributed by atoms with Crippen LogP contribution in [0.2, 0.25) is 0 Å². The van der Waals surface area contributed by atoms with Gasteiger partial charge in [0.25, 0.3) is 0 Å². The highest BCUT2D eigenvalue weighted by molar-refractivity contribution is 5.44. The Balaban J connectivity index is 1.85. The van der Waals surface area contributed by atoms with E-state index in [4.69, 9.17) is 10.00 Å². The maximum atomic E-state index is 8.88. The van der Waals surface area contributed by atoms with Gasteiger partial charge in [0.2, 0.25) is 0 Å². The third-order valence-electron chi connectivity index (χ3n) is 3.80. The van der Waals surface area contributed by atoms with Gasteiger partial charge in [0.15, 0.2) is 11.6 Å². The molecular weight excluding hydrogens is 280 g/mol. The van der Waals surface area contributed by atoms with Gasteiger partial charge in [0, 0.05) is 19.9 Å². The molecule has 1 atom stereocenters. The predicted octanol–water partition coefficient (Wildman–Crippen LogP) is 1.95. The summed E-state index contributed by atoms with van der Waals surface area (Å²) in [7, 11) is 1.63. The van der Waals surface area contributed by atoms with Crippen LogP contribution in [0.15, 0.2) is 18.3 Å². The number of aromatic nitrogens is 4. The van der Waals surface area contributed by atoms with E-state index in [1.165, 1.54) is 0 Å². The minimum absolute atomic E-state index is 0.107. The van der Waals surface area contributed by atoms with E-state index in [1.54, 1.807) is 19.4 Å². The van der Waals surface area contributed by atoms with E-state index in [0.29, 0.717) is 12.2 Å². The number of nitriles is 1. The van der Waals surface area contributed by atoms with Gasteiger partial charge in [0.05, 0.1) is 11.6 Å². The van der Waals surface area contributed by atoms with Gasteiger partial charge in [-0.15, -0.1) is 0 Å². The first-order chi connectivity index (χ1) is 10.8. The molecule has 0 radical (unpaired) electrons. The molecule has 0 bridgehead atoms. The summed E-state index contributed by atoms with van der Waals surface area (Å²) in [4.78, 5) is 11.1. The van der Waals surface area contributed by atoms with Crippen LogP contribution in [0.4, 0.5) is 5.82 Å². The third-order valence-corrected chi connectivity index (χ3v) is 3.80. The lowest BCUT2D eigenvalue weighted by Gasteiger charge is -2.34.